The first-order valence-electron chi connectivity index (χ1n) is 4.42. The molecule has 80 valence electrons. The molecule has 0 aromatic rings. The van der Waals surface area contributed by atoms with Gasteiger partial charge in [-0.05, 0) is 11.8 Å². The van der Waals surface area contributed by atoms with Crippen LogP contribution in [0.15, 0.2) is 0 Å². The van der Waals surface area contributed by atoms with E-state index in [0.29, 0.717) is 24.6 Å². The van der Waals surface area contributed by atoms with Crippen LogP contribution in [-0.2, 0) is 0 Å². The minimum atomic E-state index is -2.05. The summed E-state index contributed by atoms with van der Waals surface area (Å²) in [5.74, 6) is 0. The second-order valence-electron chi connectivity index (χ2n) is 3.09. The predicted molar refractivity (Wildman–Crippen MR) is 51.7 cm³/mol. The van der Waals surface area contributed by atoms with E-state index in [1.54, 1.807) is 13.8 Å². The predicted octanol–water partition coefficient (Wildman–Crippen LogP) is 0.597. The smallest absolute Gasteiger partial charge is 0.218 e. The summed E-state index contributed by atoms with van der Waals surface area (Å²) < 4.78 is 0. The van der Waals surface area contributed by atoms with Gasteiger partial charge >= 0.3 is 0 Å². The standard InChI is InChI=1S/C8H18O4S/c1-3-5-7(9,10)13-8(11,12)6-4-2/h9-12H,3-6H2,1-2H3. The summed E-state index contributed by atoms with van der Waals surface area (Å²) in [6, 6.07) is 0. The van der Waals surface area contributed by atoms with Gasteiger partial charge in [-0.25, -0.2) is 0 Å². The summed E-state index contributed by atoms with van der Waals surface area (Å²) in [4.78, 5) is 0. The van der Waals surface area contributed by atoms with Gasteiger partial charge in [0.1, 0.15) is 0 Å². The molecule has 0 amide bonds. The second kappa shape index (κ2) is 5.17. The number of hydrogen-bond donors (Lipinski definition) is 4. The van der Waals surface area contributed by atoms with E-state index in [0.717, 1.165) is 0 Å². The van der Waals surface area contributed by atoms with Crippen LogP contribution >= 0.6 is 11.8 Å². The fourth-order valence-electron chi connectivity index (χ4n) is 1.02. The van der Waals surface area contributed by atoms with E-state index in [1.165, 1.54) is 0 Å². The molecule has 0 spiro atoms. The Kier molecular flexibility index (Phi) is 5.24. The molecule has 4 N–H and O–H groups in total. The topological polar surface area (TPSA) is 80.9 Å². The molecule has 0 unspecified atom stereocenters. The molecule has 0 saturated carbocycles. The van der Waals surface area contributed by atoms with Crippen molar-refractivity contribution in [2.45, 2.75) is 49.8 Å². The highest BCUT2D eigenvalue weighted by Gasteiger charge is 2.35. The third-order valence-corrected chi connectivity index (χ3v) is 2.54. The highest BCUT2D eigenvalue weighted by atomic mass is 32.2. The Balaban J connectivity index is 4.07. The largest absolute Gasteiger partial charge is 0.357 e. The van der Waals surface area contributed by atoms with Gasteiger partial charge in [0.15, 0.2) is 0 Å². The molecule has 0 radical (unpaired) electrons. The molecule has 13 heavy (non-hydrogen) atoms. The zero-order valence-corrected chi connectivity index (χ0v) is 8.84. The molecule has 0 aromatic heterocycles. The van der Waals surface area contributed by atoms with Gasteiger partial charge in [-0.1, -0.05) is 26.7 Å². The average molecular weight is 210 g/mol. The number of hydrogen-bond acceptors (Lipinski definition) is 5. The first-order chi connectivity index (χ1) is 5.83. The van der Waals surface area contributed by atoms with Crippen LogP contribution < -0.4 is 0 Å². The molecule has 0 bridgehead atoms. The Bertz CT molecular complexity index is 131. The van der Waals surface area contributed by atoms with Gasteiger partial charge in [-0.2, -0.15) is 0 Å². The van der Waals surface area contributed by atoms with Gasteiger partial charge in [0, 0.05) is 12.8 Å². The SMILES string of the molecule is CCCC(O)(O)SC(O)(O)CCC. The Morgan fingerprint density at radius 1 is 0.846 bits per heavy atom. The van der Waals surface area contributed by atoms with Gasteiger partial charge in [-0.15, -0.1) is 0 Å². The maximum Gasteiger partial charge on any atom is 0.218 e. The maximum absolute atomic E-state index is 9.28. The van der Waals surface area contributed by atoms with Gasteiger partial charge in [0.05, 0.1) is 0 Å². The van der Waals surface area contributed by atoms with Crippen molar-refractivity contribution in [3.05, 3.63) is 0 Å². The Morgan fingerprint density at radius 3 is 1.38 bits per heavy atom. The van der Waals surface area contributed by atoms with Crippen LogP contribution in [0, 0.1) is 0 Å². The van der Waals surface area contributed by atoms with Crippen LogP contribution in [0.1, 0.15) is 39.5 Å². The zero-order chi connectivity index (χ0) is 10.5. The summed E-state index contributed by atoms with van der Waals surface area (Å²) in [6.07, 6.45) is 1.37. The van der Waals surface area contributed by atoms with Crippen molar-refractivity contribution in [1.82, 2.24) is 0 Å². The molecule has 0 rings (SSSR count). The minimum absolute atomic E-state index is 0.115. The molecule has 5 heteroatoms. The van der Waals surface area contributed by atoms with E-state index >= 15 is 0 Å². The normalized spacial score (nSPS) is 13.4. The van der Waals surface area contributed by atoms with Crippen molar-refractivity contribution < 1.29 is 20.4 Å². The lowest BCUT2D eigenvalue weighted by Crippen LogP contribution is -2.34. The van der Waals surface area contributed by atoms with E-state index in [2.05, 4.69) is 0 Å². The van der Waals surface area contributed by atoms with E-state index in [-0.39, 0.29) is 12.8 Å². The molecule has 0 aromatic carbocycles. The summed E-state index contributed by atoms with van der Waals surface area (Å²) >= 11 is 0.376. The lowest BCUT2D eigenvalue weighted by atomic mass is 10.3. The van der Waals surface area contributed by atoms with Crippen molar-refractivity contribution in [3.63, 3.8) is 0 Å². The van der Waals surface area contributed by atoms with E-state index < -0.39 is 10.2 Å². The van der Waals surface area contributed by atoms with Crippen LogP contribution in [-0.4, -0.2) is 30.7 Å². The lowest BCUT2D eigenvalue weighted by molar-refractivity contribution is -0.114. The van der Waals surface area contributed by atoms with E-state index in [9.17, 15) is 20.4 Å². The minimum Gasteiger partial charge on any atom is -0.357 e. The van der Waals surface area contributed by atoms with E-state index in [1.807, 2.05) is 0 Å². The maximum atomic E-state index is 9.28. The molecule has 0 saturated heterocycles. The fraction of sp³-hybridized carbons (Fsp3) is 1.00. The van der Waals surface area contributed by atoms with Gasteiger partial charge in [0.25, 0.3) is 0 Å². The molecule has 0 fully saturated rings. The van der Waals surface area contributed by atoms with Gasteiger partial charge in [0.2, 0.25) is 10.2 Å². The molecule has 0 heterocycles. The summed E-state index contributed by atoms with van der Waals surface area (Å²) in [7, 11) is 0. The highest BCUT2D eigenvalue weighted by molar-refractivity contribution is 8.01. The Morgan fingerprint density at radius 2 is 1.15 bits per heavy atom. The van der Waals surface area contributed by atoms with Crippen LogP contribution in [0.2, 0.25) is 0 Å². The summed E-state index contributed by atoms with van der Waals surface area (Å²) in [6.45, 7) is 3.58. The Labute approximate surface area is 82.6 Å². The van der Waals surface area contributed by atoms with Gasteiger partial charge < -0.3 is 20.4 Å². The van der Waals surface area contributed by atoms with Gasteiger partial charge in [-0.3, -0.25) is 0 Å². The number of aliphatic hydroxyl groups is 4. The quantitative estimate of drug-likeness (QED) is 0.483. The third kappa shape index (κ3) is 6.29. The zero-order valence-electron chi connectivity index (χ0n) is 8.03. The van der Waals surface area contributed by atoms with Crippen LogP contribution in [0.4, 0.5) is 0 Å². The van der Waals surface area contributed by atoms with Crippen LogP contribution in [0.5, 0.6) is 0 Å². The second-order valence-corrected chi connectivity index (χ2v) is 4.60. The van der Waals surface area contributed by atoms with Crippen molar-refractivity contribution >= 4 is 11.8 Å². The molecular weight excluding hydrogens is 192 g/mol. The van der Waals surface area contributed by atoms with Crippen molar-refractivity contribution in [3.8, 4) is 0 Å². The molecule has 4 nitrogen and oxygen atoms in total. The monoisotopic (exact) mass is 210 g/mol. The molecule has 0 aliphatic heterocycles. The Hall–Kier alpha value is 0.190. The first-order valence-corrected chi connectivity index (χ1v) is 5.24. The highest BCUT2D eigenvalue weighted by Crippen LogP contribution is 2.35. The lowest BCUT2D eigenvalue weighted by Gasteiger charge is -2.28. The van der Waals surface area contributed by atoms with Crippen molar-refractivity contribution in [2.75, 3.05) is 0 Å². The van der Waals surface area contributed by atoms with Crippen molar-refractivity contribution in [1.29, 1.82) is 0 Å². The molecular formula is C8H18O4S. The number of thioether (sulfide) groups is 1. The number of rotatable bonds is 6. The molecule has 0 aliphatic carbocycles. The summed E-state index contributed by atoms with van der Waals surface area (Å²) in [5.41, 5.74) is 0. The summed E-state index contributed by atoms with van der Waals surface area (Å²) in [5, 5.41) is 33.0. The third-order valence-electron chi connectivity index (χ3n) is 1.48. The van der Waals surface area contributed by atoms with E-state index in [4.69, 9.17) is 0 Å². The van der Waals surface area contributed by atoms with Crippen molar-refractivity contribution in [2.24, 2.45) is 0 Å². The fourth-order valence-corrected chi connectivity index (χ4v) is 2.15. The first kappa shape index (κ1) is 13.2. The van der Waals surface area contributed by atoms with Crippen LogP contribution in [0.3, 0.4) is 0 Å². The van der Waals surface area contributed by atoms with Crippen LogP contribution in [0.25, 0.3) is 0 Å². The molecule has 0 atom stereocenters. The average Bonchev–Trinajstić information content (AvgIpc) is 1.82. The molecule has 0 aliphatic rings.